The first-order chi connectivity index (χ1) is 16.4. The van der Waals surface area contributed by atoms with Crippen molar-refractivity contribution in [3.63, 3.8) is 0 Å². The van der Waals surface area contributed by atoms with Gasteiger partial charge in [-0.1, -0.05) is 73.4 Å². The average Bonchev–Trinajstić information content (AvgIpc) is 3.19. The minimum Gasteiger partial charge on any atom is -0.333 e. The van der Waals surface area contributed by atoms with Crippen LogP contribution in [0.15, 0.2) is 24.3 Å². The smallest absolute Gasteiger partial charge is 0.245 e. The van der Waals surface area contributed by atoms with E-state index in [1.54, 1.807) is 4.90 Å². The van der Waals surface area contributed by atoms with Crippen LogP contribution < -0.4 is 5.32 Å². The molecule has 1 aromatic carbocycles. The number of unbranched alkanes of at least 4 members (excludes halogenated alkanes) is 1. The molecule has 1 heterocycles. The van der Waals surface area contributed by atoms with E-state index in [9.17, 15) is 9.59 Å². The van der Waals surface area contributed by atoms with Gasteiger partial charge in [0, 0.05) is 23.9 Å². The summed E-state index contributed by atoms with van der Waals surface area (Å²) in [7, 11) is 0. The second kappa shape index (κ2) is 12.4. The van der Waals surface area contributed by atoms with Gasteiger partial charge in [-0.2, -0.15) is 5.10 Å². The Labute approximate surface area is 212 Å². The lowest BCUT2D eigenvalue weighted by molar-refractivity contribution is -0.139. The molecule has 0 saturated heterocycles. The van der Waals surface area contributed by atoms with Gasteiger partial charge in [-0.15, -0.1) is 0 Å². The number of amides is 2. The number of hydrogen-bond acceptors (Lipinski definition) is 3. The summed E-state index contributed by atoms with van der Waals surface area (Å²) in [5, 5.41) is 7.94. The molecular weight excluding hydrogens is 436 g/mol. The summed E-state index contributed by atoms with van der Waals surface area (Å²) in [5.41, 5.74) is 3.95. The summed E-state index contributed by atoms with van der Waals surface area (Å²) in [5.74, 6) is 0.765. The number of hydrogen-bond donors (Lipinski definition) is 1. The molecule has 0 aliphatic carbocycles. The first-order valence-corrected chi connectivity index (χ1v) is 13.1. The number of aryl methyl sites for hydroxylation is 1. The summed E-state index contributed by atoms with van der Waals surface area (Å²) in [6, 6.07) is 8.05. The second-order valence-corrected chi connectivity index (χ2v) is 11.2. The van der Waals surface area contributed by atoms with Crippen LogP contribution in [0.5, 0.6) is 0 Å². The zero-order chi connectivity index (χ0) is 26.3. The molecule has 0 fully saturated rings. The molecule has 0 saturated carbocycles. The van der Waals surface area contributed by atoms with Crippen LogP contribution in [0.2, 0.25) is 0 Å². The lowest BCUT2D eigenvalue weighted by Crippen LogP contribution is -2.43. The van der Waals surface area contributed by atoms with Gasteiger partial charge in [0.1, 0.15) is 5.82 Å². The van der Waals surface area contributed by atoms with Gasteiger partial charge in [-0.05, 0) is 49.8 Å². The van der Waals surface area contributed by atoms with Gasteiger partial charge in [0.2, 0.25) is 11.8 Å². The summed E-state index contributed by atoms with van der Waals surface area (Å²) in [6.07, 6.45) is 3.75. The molecule has 35 heavy (non-hydrogen) atoms. The van der Waals surface area contributed by atoms with E-state index in [1.165, 1.54) is 5.56 Å². The molecule has 0 spiro atoms. The number of aromatic nitrogens is 2. The van der Waals surface area contributed by atoms with Gasteiger partial charge in [-0.3, -0.25) is 9.59 Å². The fraction of sp³-hybridized carbons (Fsp3) is 0.621. The van der Waals surface area contributed by atoms with E-state index in [0.717, 1.165) is 42.6 Å². The van der Waals surface area contributed by atoms with E-state index in [2.05, 4.69) is 73.7 Å². The van der Waals surface area contributed by atoms with E-state index in [4.69, 9.17) is 5.10 Å². The van der Waals surface area contributed by atoms with Gasteiger partial charge in [0.05, 0.1) is 17.9 Å². The standard InChI is InChI=1S/C29H46N4O2/c1-10-12-15-23(11-2)28(35)32(18-20(3)4)19-27(34)30-26-17-25(29(7,8)9)31-33(26)24-16-13-14-21(5)22(24)6/h13-14,16-17,20,23H,10-12,15,18-19H2,1-9H3,(H,30,34). The molecule has 0 aliphatic rings. The fourth-order valence-corrected chi connectivity index (χ4v) is 4.23. The Morgan fingerprint density at radius 2 is 1.83 bits per heavy atom. The zero-order valence-electron chi connectivity index (χ0n) is 23.4. The zero-order valence-corrected chi connectivity index (χ0v) is 23.4. The third kappa shape index (κ3) is 7.68. The summed E-state index contributed by atoms with van der Waals surface area (Å²) in [4.78, 5) is 28.4. The maximum absolute atomic E-state index is 13.3. The molecule has 2 aromatic rings. The Morgan fingerprint density at radius 1 is 1.14 bits per heavy atom. The number of carbonyl (C=O) groups excluding carboxylic acids is 2. The number of anilines is 1. The maximum atomic E-state index is 13.3. The summed E-state index contributed by atoms with van der Waals surface area (Å²) in [6.45, 7) is 19.4. The summed E-state index contributed by atoms with van der Waals surface area (Å²) < 4.78 is 1.82. The Hall–Kier alpha value is -2.63. The van der Waals surface area contributed by atoms with Crippen molar-refractivity contribution < 1.29 is 9.59 Å². The van der Waals surface area contributed by atoms with Crippen LogP contribution in [0.4, 0.5) is 5.82 Å². The number of carbonyl (C=O) groups is 2. The number of nitrogens with one attached hydrogen (secondary N) is 1. The Kier molecular flexibility index (Phi) is 10.1. The van der Waals surface area contributed by atoms with Crippen LogP contribution in [0.1, 0.15) is 91.0 Å². The van der Waals surface area contributed by atoms with E-state index in [-0.39, 0.29) is 35.6 Å². The van der Waals surface area contributed by atoms with Crippen LogP contribution >= 0.6 is 0 Å². The Morgan fingerprint density at radius 3 is 2.40 bits per heavy atom. The van der Waals surface area contributed by atoms with Crippen LogP contribution in [-0.4, -0.2) is 39.6 Å². The minimum atomic E-state index is -0.198. The molecule has 1 unspecified atom stereocenters. The van der Waals surface area contributed by atoms with Gasteiger partial charge in [0.25, 0.3) is 0 Å². The molecule has 1 atom stereocenters. The van der Waals surface area contributed by atoms with Crippen molar-refractivity contribution >= 4 is 17.6 Å². The van der Waals surface area contributed by atoms with Crippen molar-refractivity contribution in [1.82, 2.24) is 14.7 Å². The van der Waals surface area contributed by atoms with E-state index >= 15 is 0 Å². The highest BCUT2D eigenvalue weighted by atomic mass is 16.2. The first-order valence-electron chi connectivity index (χ1n) is 13.1. The normalized spacial score (nSPS) is 12.6. The van der Waals surface area contributed by atoms with Crippen LogP contribution in [0.25, 0.3) is 5.69 Å². The molecule has 0 aliphatic heterocycles. The van der Waals surface area contributed by atoms with Crippen LogP contribution in [0.3, 0.4) is 0 Å². The highest BCUT2D eigenvalue weighted by Gasteiger charge is 2.27. The topological polar surface area (TPSA) is 67.2 Å². The highest BCUT2D eigenvalue weighted by molar-refractivity contribution is 5.94. The quantitative estimate of drug-likeness (QED) is 0.401. The molecule has 0 radical (unpaired) electrons. The van der Waals surface area contributed by atoms with Gasteiger partial charge in [-0.25, -0.2) is 4.68 Å². The third-order valence-corrected chi connectivity index (χ3v) is 6.53. The van der Waals surface area contributed by atoms with Gasteiger partial charge < -0.3 is 10.2 Å². The molecule has 6 heteroatoms. The number of rotatable bonds is 11. The average molecular weight is 483 g/mol. The maximum Gasteiger partial charge on any atom is 0.245 e. The van der Waals surface area contributed by atoms with Crippen molar-refractivity contribution in [2.45, 2.75) is 93.4 Å². The van der Waals surface area contributed by atoms with Crippen molar-refractivity contribution in [2.75, 3.05) is 18.4 Å². The Balaban J connectivity index is 2.35. The third-order valence-electron chi connectivity index (χ3n) is 6.53. The van der Waals surface area contributed by atoms with Crippen molar-refractivity contribution in [1.29, 1.82) is 0 Å². The van der Waals surface area contributed by atoms with Crippen LogP contribution in [-0.2, 0) is 15.0 Å². The SMILES string of the molecule is CCCCC(CC)C(=O)N(CC(=O)Nc1cc(C(C)(C)C)nn1-c1cccc(C)c1C)CC(C)C. The van der Waals surface area contributed by atoms with E-state index in [0.29, 0.717) is 12.4 Å². The predicted molar refractivity (Wildman–Crippen MR) is 145 cm³/mol. The fourth-order valence-electron chi connectivity index (χ4n) is 4.23. The molecule has 1 N–H and O–H groups in total. The van der Waals surface area contributed by atoms with Gasteiger partial charge in [0.15, 0.2) is 0 Å². The van der Waals surface area contributed by atoms with Crippen LogP contribution in [0, 0.1) is 25.7 Å². The first kappa shape index (κ1) is 28.6. The predicted octanol–water partition coefficient (Wildman–Crippen LogP) is 6.43. The van der Waals surface area contributed by atoms with Crippen molar-refractivity contribution in [3.05, 3.63) is 41.1 Å². The number of benzene rings is 1. The molecule has 6 nitrogen and oxygen atoms in total. The molecule has 1 aromatic heterocycles. The largest absolute Gasteiger partial charge is 0.333 e. The van der Waals surface area contributed by atoms with Gasteiger partial charge >= 0.3 is 0 Å². The van der Waals surface area contributed by atoms with Crippen molar-refractivity contribution in [3.8, 4) is 5.69 Å². The molecule has 0 bridgehead atoms. The molecular formula is C29H46N4O2. The van der Waals surface area contributed by atoms with E-state index in [1.807, 2.05) is 22.9 Å². The number of nitrogens with zero attached hydrogens (tertiary/aromatic N) is 3. The lowest BCUT2D eigenvalue weighted by Gasteiger charge is -2.28. The second-order valence-electron chi connectivity index (χ2n) is 11.2. The monoisotopic (exact) mass is 482 g/mol. The van der Waals surface area contributed by atoms with E-state index < -0.39 is 0 Å². The molecule has 194 valence electrons. The summed E-state index contributed by atoms with van der Waals surface area (Å²) >= 11 is 0. The minimum absolute atomic E-state index is 0.0329. The Bertz CT molecular complexity index is 1000. The lowest BCUT2D eigenvalue weighted by atomic mass is 9.92. The highest BCUT2D eigenvalue weighted by Crippen LogP contribution is 2.28. The molecule has 2 rings (SSSR count). The van der Waals surface area contributed by atoms with Crippen molar-refractivity contribution in [2.24, 2.45) is 11.8 Å². The molecule has 2 amide bonds.